The molecule has 0 spiro atoms. The number of unbranched alkanes of at least 4 members (excludes halogenated alkanes) is 1. The summed E-state index contributed by atoms with van der Waals surface area (Å²) in [5, 5.41) is 0. The largest absolute Gasteiger partial charge is 0.388 e. The Kier molecular flexibility index (Phi) is 5.19. The van der Waals surface area contributed by atoms with Gasteiger partial charge in [-0.15, -0.1) is 0 Å². The summed E-state index contributed by atoms with van der Waals surface area (Å²) < 4.78 is 0. The molecule has 0 saturated carbocycles. The number of thiocarbonyl (C=S) groups is 1. The van der Waals surface area contributed by atoms with Crippen molar-refractivity contribution in [3.8, 4) is 0 Å². The van der Waals surface area contributed by atoms with E-state index in [1.165, 1.54) is 12.8 Å². The van der Waals surface area contributed by atoms with E-state index in [4.69, 9.17) is 18.0 Å². The van der Waals surface area contributed by atoms with E-state index in [9.17, 15) is 0 Å². The third kappa shape index (κ3) is 3.45. The van der Waals surface area contributed by atoms with Crippen LogP contribution in [0.1, 0.15) is 32.4 Å². The summed E-state index contributed by atoms with van der Waals surface area (Å²) >= 11 is 4.93. The van der Waals surface area contributed by atoms with Gasteiger partial charge in [0.15, 0.2) is 0 Å². The molecule has 0 aliphatic heterocycles. The fourth-order valence-corrected chi connectivity index (χ4v) is 1.63. The van der Waals surface area contributed by atoms with Crippen molar-refractivity contribution in [1.82, 2.24) is 4.98 Å². The lowest BCUT2D eigenvalue weighted by molar-refractivity contribution is 0.724. The van der Waals surface area contributed by atoms with Gasteiger partial charge in [-0.3, -0.25) is 0 Å². The molecule has 0 atom stereocenters. The standard InChI is InChI=1S/C12H19N3S/c1-3-5-9-15(4-2)11-8-6-7-10(14-11)12(13)16/h6-8H,3-5,9H2,1-2H3,(H2,13,16). The molecule has 0 saturated heterocycles. The van der Waals surface area contributed by atoms with Crippen LogP contribution in [0, 0.1) is 0 Å². The molecule has 0 aromatic carbocycles. The molecule has 16 heavy (non-hydrogen) atoms. The SMILES string of the molecule is CCCCN(CC)c1cccc(C(N)=S)n1. The molecule has 0 aliphatic rings. The molecule has 0 fully saturated rings. The lowest BCUT2D eigenvalue weighted by atomic mass is 10.3. The van der Waals surface area contributed by atoms with E-state index in [2.05, 4.69) is 23.7 Å². The van der Waals surface area contributed by atoms with Crippen LogP contribution in [0.15, 0.2) is 18.2 Å². The Labute approximate surface area is 103 Å². The summed E-state index contributed by atoms with van der Waals surface area (Å²) in [4.78, 5) is 7.05. The molecule has 0 unspecified atom stereocenters. The van der Waals surface area contributed by atoms with Gasteiger partial charge in [0, 0.05) is 13.1 Å². The molecule has 1 aromatic heterocycles. The normalized spacial score (nSPS) is 10.1. The topological polar surface area (TPSA) is 42.1 Å². The summed E-state index contributed by atoms with van der Waals surface area (Å²) in [6, 6.07) is 5.80. The second-order valence-electron chi connectivity index (χ2n) is 3.68. The monoisotopic (exact) mass is 237 g/mol. The van der Waals surface area contributed by atoms with Crippen LogP contribution >= 0.6 is 12.2 Å². The maximum Gasteiger partial charge on any atom is 0.129 e. The van der Waals surface area contributed by atoms with E-state index >= 15 is 0 Å². The Balaban J connectivity index is 2.83. The van der Waals surface area contributed by atoms with Crippen molar-refractivity contribution in [2.75, 3.05) is 18.0 Å². The highest BCUT2D eigenvalue weighted by molar-refractivity contribution is 7.80. The van der Waals surface area contributed by atoms with Crippen molar-refractivity contribution in [2.24, 2.45) is 5.73 Å². The average molecular weight is 237 g/mol. The first-order chi connectivity index (χ1) is 7.69. The van der Waals surface area contributed by atoms with Gasteiger partial charge in [-0.1, -0.05) is 31.6 Å². The molecule has 1 heterocycles. The maximum absolute atomic E-state index is 5.57. The second-order valence-corrected chi connectivity index (χ2v) is 4.12. The fraction of sp³-hybridized carbons (Fsp3) is 0.500. The number of hydrogen-bond acceptors (Lipinski definition) is 3. The lowest BCUT2D eigenvalue weighted by Crippen LogP contribution is -2.25. The highest BCUT2D eigenvalue weighted by Gasteiger charge is 2.06. The summed E-state index contributed by atoms with van der Waals surface area (Å²) in [5.41, 5.74) is 6.27. The minimum Gasteiger partial charge on any atom is -0.388 e. The van der Waals surface area contributed by atoms with Crippen LogP contribution in [0.3, 0.4) is 0 Å². The molecule has 1 rings (SSSR count). The third-order valence-electron chi connectivity index (χ3n) is 2.47. The number of pyridine rings is 1. The van der Waals surface area contributed by atoms with Gasteiger partial charge in [-0.25, -0.2) is 4.98 Å². The van der Waals surface area contributed by atoms with Gasteiger partial charge in [0.2, 0.25) is 0 Å². The Morgan fingerprint density at radius 3 is 2.75 bits per heavy atom. The Morgan fingerprint density at radius 2 is 2.19 bits per heavy atom. The number of aromatic nitrogens is 1. The molecule has 4 heteroatoms. The molecule has 88 valence electrons. The van der Waals surface area contributed by atoms with Crippen LogP contribution < -0.4 is 10.6 Å². The van der Waals surface area contributed by atoms with Crippen molar-refractivity contribution in [2.45, 2.75) is 26.7 Å². The average Bonchev–Trinajstić information content (AvgIpc) is 2.30. The zero-order valence-electron chi connectivity index (χ0n) is 9.94. The highest BCUT2D eigenvalue weighted by atomic mass is 32.1. The molecule has 3 nitrogen and oxygen atoms in total. The summed E-state index contributed by atoms with van der Waals surface area (Å²) in [7, 11) is 0. The van der Waals surface area contributed by atoms with Crippen molar-refractivity contribution in [1.29, 1.82) is 0 Å². The Bertz CT molecular complexity index is 352. The predicted octanol–water partition coefficient (Wildman–Crippen LogP) is 2.34. The molecule has 2 N–H and O–H groups in total. The van der Waals surface area contributed by atoms with Crippen LogP contribution in [0.2, 0.25) is 0 Å². The molecule has 0 amide bonds. The van der Waals surface area contributed by atoms with Gasteiger partial charge in [0.25, 0.3) is 0 Å². The molecular weight excluding hydrogens is 218 g/mol. The van der Waals surface area contributed by atoms with Gasteiger partial charge in [0.05, 0.1) is 5.69 Å². The van der Waals surface area contributed by atoms with Crippen molar-refractivity contribution < 1.29 is 0 Å². The number of nitrogens with two attached hydrogens (primary N) is 1. The first-order valence-electron chi connectivity index (χ1n) is 5.70. The zero-order chi connectivity index (χ0) is 12.0. The first-order valence-corrected chi connectivity index (χ1v) is 6.11. The van der Waals surface area contributed by atoms with Gasteiger partial charge in [-0.2, -0.15) is 0 Å². The molecule has 0 radical (unpaired) electrons. The van der Waals surface area contributed by atoms with Gasteiger partial charge >= 0.3 is 0 Å². The minimum atomic E-state index is 0.355. The fourth-order valence-electron chi connectivity index (χ4n) is 1.52. The molecule has 0 aliphatic carbocycles. The van der Waals surface area contributed by atoms with Crippen molar-refractivity contribution in [3.63, 3.8) is 0 Å². The number of anilines is 1. The van der Waals surface area contributed by atoms with Crippen molar-refractivity contribution in [3.05, 3.63) is 23.9 Å². The highest BCUT2D eigenvalue weighted by Crippen LogP contribution is 2.12. The van der Waals surface area contributed by atoms with E-state index in [-0.39, 0.29) is 0 Å². The van der Waals surface area contributed by atoms with Gasteiger partial charge in [-0.05, 0) is 25.5 Å². The Hall–Kier alpha value is -1.16. The predicted molar refractivity (Wildman–Crippen MR) is 72.9 cm³/mol. The summed E-state index contributed by atoms with van der Waals surface area (Å²) in [5.74, 6) is 0.959. The van der Waals surface area contributed by atoms with E-state index in [0.717, 1.165) is 18.9 Å². The van der Waals surface area contributed by atoms with Crippen LogP contribution in [0.25, 0.3) is 0 Å². The van der Waals surface area contributed by atoms with Crippen LogP contribution in [0.5, 0.6) is 0 Å². The van der Waals surface area contributed by atoms with E-state index in [1.54, 1.807) is 0 Å². The van der Waals surface area contributed by atoms with Gasteiger partial charge < -0.3 is 10.6 Å². The van der Waals surface area contributed by atoms with E-state index in [1.807, 2.05) is 18.2 Å². The van der Waals surface area contributed by atoms with Crippen LogP contribution in [0.4, 0.5) is 5.82 Å². The van der Waals surface area contributed by atoms with Crippen LogP contribution in [-0.4, -0.2) is 23.1 Å². The number of hydrogen-bond donors (Lipinski definition) is 1. The van der Waals surface area contributed by atoms with E-state index in [0.29, 0.717) is 10.7 Å². The lowest BCUT2D eigenvalue weighted by Gasteiger charge is -2.22. The summed E-state index contributed by atoms with van der Waals surface area (Å²) in [6.45, 7) is 6.30. The van der Waals surface area contributed by atoms with Crippen LogP contribution in [-0.2, 0) is 0 Å². The Morgan fingerprint density at radius 1 is 1.44 bits per heavy atom. The maximum atomic E-state index is 5.57. The zero-order valence-corrected chi connectivity index (χ0v) is 10.8. The van der Waals surface area contributed by atoms with E-state index < -0.39 is 0 Å². The summed E-state index contributed by atoms with van der Waals surface area (Å²) in [6.07, 6.45) is 2.36. The van der Waals surface area contributed by atoms with Crippen molar-refractivity contribution >= 4 is 23.0 Å². The molecular formula is C12H19N3S. The number of nitrogens with zero attached hydrogens (tertiary/aromatic N) is 2. The quantitative estimate of drug-likeness (QED) is 0.771. The first kappa shape index (κ1) is 12.9. The second kappa shape index (κ2) is 6.43. The van der Waals surface area contributed by atoms with Gasteiger partial charge in [0.1, 0.15) is 10.8 Å². The third-order valence-corrected chi connectivity index (χ3v) is 2.68. The smallest absolute Gasteiger partial charge is 0.129 e. The molecule has 1 aromatic rings. The molecule has 0 bridgehead atoms. The minimum absolute atomic E-state index is 0.355. The number of rotatable bonds is 6.